The molecule has 0 saturated heterocycles. The number of nitrogens with zero attached hydrogens (tertiary/aromatic N) is 1. The maximum Gasteiger partial charge on any atom is 0.357 e. The molecule has 72 valence electrons. The largest absolute Gasteiger partial charge is 0.464 e. The summed E-state index contributed by atoms with van der Waals surface area (Å²) >= 11 is 0. The van der Waals surface area contributed by atoms with Gasteiger partial charge in [0, 0.05) is 0 Å². The number of esters is 1. The SMILES string of the molecule is COC(=O)c1[nH]ncc1C#CCC=O. The molecule has 0 radical (unpaired) electrons. The highest BCUT2D eigenvalue weighted by Gasteiger charge is 2.11. The van der Waals surface area contributed by atoms with Gasteiger partial charge >= 0.3 is 5.97 Å². The van der Waals surface area contributed by atoms with Gasteiger partial charge in [-0.3, -0.25) is 5.10 Å². The number of hydrogen-bond acceptors (Lipinski definition) is 4. The zero-order valence-corrected chi connectivity index (χ0v) is 7.53. The minimum Gasteiger partial charge on any atom is -0.464 e. The van der Waals surface area contributed by atoms with Crippen molar-refractivity contribution in [3.05, 3.63) is 17.5 Å². The van der Waals surface area contributed by atoms with Crippen LogP contribution in [0.1, 0.15) is 22.5 Å². The highest BCUT2D eigenvalue weighted by Crippen LogP contribution is 2.03. The average Bonchev–Trinajstić information content (AvgIpc) is 2.65. The van der Waals surface area contributed by atoms with E-state index in [1.807, 2.05) is 0 Å². The van der Waals surface area contributed by atoms with Gasteiger partial charge in [-0.1, -0.05) is 11.8 Å². The van der Waals surface area contributed by atoms with Gasteiger partial charge in [-0.15, -0.1) is 0 Å². The minimum absolute atomic E-state index is 0.131. The number of ether oxygens (including phenoxy) is 1. The van der Waals surface area contributed by atoms with Crippen LogP contribution in [0.4, 0.5) is 0 Å². The van der Waals surface area contributed by atoms with E-state index >= 15 is 0 Å². The quantitative estimate of drug-likeness (QED) is 0.411. The molecular weight excluding hydrogens is 184 g/mol. The zero-order valence-electron chi connectivity index (χ0n) is 7.53. The summed E-state index contributed by atoms with van der Waals surface area (Å²) in [7, 11) is 1.27. The molecule has 0 fully saturated rings. The Kier molecular flexibility index (Phi) is 3.44. The molecule has 0 atom stereocenters. The molecule has 1 aromatic rings. The van der Waals surface area contributed by atoms with Crippen LogP contribution in [0.2, 0.25) is 0 Å². The summed E-state index contributed by atoms with van der Waals surface area (Å²) < 4.78 is 4.49. The molecular formula is C9H8N2O3. The van der Waals surface area contributed by atoms with Crippen LogP contribution < -0.4 is 0 Å². The Labute approximate surface area is 80.5 Å². The Hall–Kier alpha value is -2.09. The summed E-state index contributed by atoms with van der Waals surface area (Å²) in [6.45, 7) is 0. The Morgan fingerprint density at radius 3 is 3.21 bits per heavy atom. The highest BCUT2D eigenvalue weighted by atomic mass is 16.5. The summed E-state index contributed by atoms with van der Waals surface area (Å²) in [5.41, 5.74) is 0.629. The second kappa shape index (κ2) is 4.82. The number of hydrogen-bond donors (Lipinski definition) is 1. The van der Waals surface area contributed by atoms with E-state index in [4.69, 9.17) is 0 Å². The number of aldehydes is 1. The molecule has 1 aromatic heterocycles. The fraction of sp³-hybridized carbons (Fsp3) is 0.222. The van der Waals surface area contributed by atoms with Gasteiger partial charge in [-0.25, -0.2) is 4.79 Å². The van der Waals surface area contributed by atoms with E-state index in [1.54, 1.807) is 0 Å². The highest BCUT2D eigenvalue weighted by molar-refractivity contribution is 5.89. The molecule has 1 N–H and O–H groups in total. The lowest BCUT2D eigenvalue weighted by Crippen LogP contribution is -2.03. The van der Waals surface area contributed by atoms with Crippen LogP contribution in [0.15, 0.2) is 6.20 Å². The van der Waals surface area contributed by atoms with E-state index in [0.29, 0.717) is 11.8 Å². The third-order valence-corrected chi connectivity index (χ3v) is 1.44. The zero-order chi connectivity index (χ0) is 10.4. The van der Waals surface area contributed by atoms with E-state index in [0.717, 1.165) is 0 Å². The fourth-order valence-corrected chi connectivity index (χ4v) is 0.827. The first-order chi connectivity index (χ1) is 6.79. The average molecular weight is 192 g/mol. The smallest absolute Gasteiger partial charge is 0.357 e. The topological polar surface area (TPSA) is 72.1 Å². The molecule has 0 aliphatic carbocycles. The Morgan fingerprint density at radius 1 is 1.79 bits per heavy atom. The molecule has 5 nitrogen and oxygen atoms in total. The van der Waals surface area contributed by atoms with Gasteiger partial charge in [0.25, 0.3) is 0 Å². The summed E-state index contributed by atoms with van der Waals surface area (Å²) in [5.74, 6) is 4.67. The number of nitrogens with one attached hydrogen (secondary N) is 1. The number of methoxy groups -OCH3 is 1. The van der Waals surface area contributed by atoms with E-state index in [2.05, 4.69) is 26.8 Å². The lowest BCUT2D eigenvalue weighted by molar-refractivity contribution is -0.107. The molecule has 0 aliphatic rings. The maximum atomic E-state index is 11.1. The molecule has 0 unspecified atom stereocenters. The van der Waals surface area contributed by atoms with Crippen molar-refractivity contribution in [2.75, 3.05) is 7.11 Å². The van der Waals surface area contributed by atoms with Gasteiger partial charge in [-0.2, -0.15) is 5.10 Å². The van der Waals surface area contributed by atoms with Gasteiger partial charge in [0.2, 0.25) is 0 Å². The number of carbonyl (C=O) groups excluding carboxylic acids is 2. The van der Waals surface area contributed by atoms with E-state index in [1.165, 1.54) is 13.3 Å². The van der Waals surface area contributed by atoms with Crippen molar-refractivity contribution in [2.45, 2.75) is 6.42 Å². The number of carbonyl (C=O) groups is 2. The number of H-pyrrole nitrogens is 1. The summed E-state index contributed by atoms with van der Waals surface area (Å²) in [5, 5.41) is 6.12. The third kappa shape index (κ3) is 2.20. The summed E-state index contributed by atoms with van der Waals surface area (Å²) in [4.78, 5) is 21.1. The molecule has 1 rings (SSSR count). The lowest BCUT2D eigenvalue weighted by atomic mass is 10.2. The van der Waals surface area contributed by atoms with Crippen LogP contribution in [0.3, 0.4) is 0 Å². The standard InChI is InChI=1S/C9H8N2O3/c1-14-9(13)8-7(6-10-11-8)4-2-3-5-12/h5-6H,3H2,1H3,(H,10,11). The van der Waals surface area contributed by atoms with Crippen molar-refractivity contribution < 1.29 is 14.3 Å². The van der Waals surface area contributed by atoms with Crippen molar-refractivity contribution in [1.29, 1.82) is 0 Å². The second-order valence-electron chi connectivity index (χ2n) is 2.32. The van der Waals surface area contributed by atoms with E-state index in [9.17, 15) is 9.59 Å². The molecule has 0 bridgehead atoms. The van der Waals surface area contributed by atoms with Crippen LogP contribution in [0.5, 0.6) is 0 Å². The second-order valence-corrected chi connectivity index (χ2v) is 2.32. The van der Waals surface area contributed by atoms with Crippen molar-refractivity contribution in [2.24, 2.45) is 0 Å². The van der Waals surface area contributed by atoms with Crippen molar-refractivity contribution >= 4 is 12.3 Å². The van der Waals surface area contributed by atoms with Crippen LogP contribution in [-0.4, -0.2) is 29.6 Å². The molecule has 0 aliphatic heterocycles. The summed E-state index contributed by atoms with van der Waals surface area (Å²) in [6, 6.07) is 0. The molecule has 0 spiro atoms. The van der Waals surface area contributed by atoms with Gasteiger partial charge in [-0.05, 0) is 0 Å². The van der Waals surface area contributed by atoms with Crippen LogP contribution in [0.25, 0.3) is 0 Å². The van der Waals surface area contributed by atoms with Crippen LogP contribution in [-0.2, 0) is 9.53 Å². The fourth-order valence-electron chi connectivity index (χ4n) is 0.827. The number of rotatable bonds is 2. The van der Waals surface area contributed by atoms with Gasteiger partial charge < -0.3 is 9.53 Å². The maximum absolute atomic E-state index is 11.1. The van der Waals surface area contributed by atoms with Gasteiger partial charge in [0.05, 0.1) is 25.3 Å². The minimum atomic E-state index is -0.530. The van der Waals surface area contributed by atoms with Crippen molar-refractivity contribution in [1.82, 2.24) is 10.2 Å². The predicted molar refractivity (Wildman–Crippen MR) is 47.5 cm³/mol. The molecule has 1 heterocycles. The summed E-state index contributed by atoms with van der Waals surface area (Å²) in [6.07, 6.45) is 2.22. The molecule has 0 saturated carbocycles. The first kappa shape index (κ1) is 9.99. The molecule has 14 heavy (non-hydrogen) atoms. The Balaban J connectivity index is 2.89. The first-order valence-electron chi connectivity index (χ1n) is 3.83. The van der Waals surface area contributed by atoms with Gasteiger partial charge in [0.1, 0.15) is 6.29 Å². The molecule has 0 amide bonds. The van der Waals surface area contributed by atoms with Crippen LogP contribution >= 0.6 is 0 Å². The van der Waals surface area contributed by atoms with Crippen molar-refractivity contribution in [3.63, 3.8) is 0 Å². The van der Waals surface area contributed by atoms with Crippen molar-refractivity contribution in [3.8, 4) is 11.8 Å². The molecule has 5 heteroatoms. The van der Waals surface area contributed by atoms with E-state index < -0.39 is 5.97 Å². The lowest BCUT2D eigenvalue weighted by Gasteiger charge is -1.93. The number of aromatic amines is 1. The predicted octanol–water partition coefficient (Wildman–Crippen LogP) is 0.137. The molecule has 0 aromatic carbocycles. The monoisotopic (exact) mass is 192 g/mol. The normalized spacial score (nSPS) is 8.64. The first-order valence-corrected chi connectivity index (χ1v) is 3.83. The van der Waals surface area contributed by atoms with Gasteiger partial charge in [0.15, 0.2) is 5.69 Å². The Bertz CT molecular complexity index is 398. The third-order valence-electron chi connectivity index (χ3n) is 1.44. The van der Waals surface area contributed by atoms with Crippen LogP contribution in [0, 0.1) is 11.8 Å². The number of aromatic nitrogens is 2. The Morgan fingerprint density at radius 2 is 2.57 bits per heavy atom. The van der Waals surface area contributed by atoms with E-state index in [-0.39, 0.29) is 12.1 Å².